The summed E-state index contributed by atoms with van der Waals surface area (Å²) in [7, 11) is 0. The molecule has 11 heteroatoms. The van der Waals surface area contributed by atoms with Crippen molar-refractivity contribution in [3.8, 4) is 0 Å². The first-order valence-corrected chi connectivity index (χ1v) is 14.0. The minimum Gasteiger partial charge on any atom is -0.445 e. The summed E-state index contributed by atoms with van der Waals surface area (Å²) in [5, 5.41) is 15.9. The number of carbonyl (C=O) groups excluding carboxylic acids is 1. The fraction of sp³-hybridized carbons (Fsp3) is 0.385. The number of amides is 1. The highest BCUT2D eigenvalue weighted by atomic mass is 32.2. The van der Waals surface area contributed by atoms with Gasteiger partial charge in [-0.3, -0.25) is 5.32 Å². The monoisotopic (exact) mass is 540 g/mol. The zero-order chi connectivity index (χ0) is 26.0. The van der Waals surface area contributed by atoms with E-state index in [4.69, 9.17) is 14.5 Å². The van der Waals surface area contributed by atoms with Crippen molar-refractivity contribution >= 4 is 46.4 Å². The molecule has 1 amide bonds. The molecule has 1 aliphatic heterocycles. The summed E-state index contributed by atoms with van der Waals surface area (Å²) >= 11 is 3.30. The number of anilines is 3. The van der Waals surface area contributed by atoms with E-state index in [1.165, 1.54) is 6.08 Å². The van der Waals surface area contributed by atoms with Gasteiger partial charge in [-0.1, -0.05) is 61.7 Å². The van der Waals surface area contributed by atoms with Crippen molar-refractivity contribution in [3.05, 3.63) is 65.3 Å². The van der Waals surface area contributed by atoms with Crippen molar-refractivity contribution in [1.82, 2.24) is 15.2 Å². The van der Waals surface area contributed by atoms with Crippen LogP contribution in [0.5, 0.6) is 0 Å². The van der Waals surface area contributed by atoms with Gasteiger partial charge in [0.25, 0.3) is 0 Å². The second kappa shape index (κ2) is 13.4. The molecule has 0 unspecified atom stereocenters. The summed E-state index contributed by atoms with van der Waals surface area (Å²) in [5.41, 5.74) is 3.76. The molecule has 1 saturated heterocycles. The first-order valence-electron chi connectivity index (χ1n) is 12.2. The van der Waals surface area contributed by atoms with Crippen molar-refractivity contribution in [2.45, 2.75) is 36.4 Å². The van der Waals surface area contributed by atoms with Gasteiger partial charge in [0.2, 0.25) is 0 Å². The van der Waals surface area contributed by atoms with Crippen LogP contribution in [0.15, 0.2) is 53.4 Å². The predicted octanol–water partition coefficient (Wildman–Crippen LogP) is 5.53. The Morgan fingerprint density at radius 2 is 2.11 bits per heavy atom. The van der Waals surface area contributed by atoms with Gasteiger partial charge in [-0.05, 0) is 23.8 Å². The summed E-state index contributed by atoms with van der Waals surface area (Å²) in [6.45, 7) is 11.6. The van der Waals surface area contributed by atoms with Gasteiger partial charge in [0.05, 0.1) is 18.9 Å². The number of aromatic nitrogens is 3. The van der Waals surface area contributed by atoms with E-state index in [9.17, 15) is 4.79 Å². The van der Waals surface area contributed by atoms with Gasteiger partial charge < -0.3 is 19.7 Å². The number of benzene rings is 1. The number of hydrogen-bond donors (Lipinski definition) is 2. The van der Waals surface area contributed by atoms with E-state index in [2.05, 4.69) is 58.3 Å². The van der Waals surface area contributed by atoms with Gasteiger partial charge in [-0.15, -0.1) is 10.2 Å². The number of nitrogens with zero attached hydrogens (tertiary/aromatic N) is 4. The van der Waals surface area contributed by atoms with Crippen LogP contribution in [0.25, 0.3) is 0 Å². The Labute approximate surface area is 225 Å². The molecule has 0 spiro atoms. The molecular formula is C26H32N6O3S2. The SMILES string of the molecule is C=CCOC(=O)Nc1cccc(CNc2cc(N3CCOCC3)cc(CSc3nnc(C(C)C)s3)n2)c1. The highest BCUT2D eigenvalue weighted by Gasteiger charge is 2.15. The van der Waals surface area contributed by atoms with E-state index in [0.717, 1.165) is 45.2 Å². The fourth-order valence-electron chi connectivity index (χ4n) is 3.63. The van der Waals surface area contributed by atoms with E-state index in [1.54, 1.807) is 23.1 Å². The molecule has 1 aromatic carbocycles. The van der Waals surface area contributed by atoms with Crippen molar-refractivity contribution in [2.24, 2.45) is 0 Å². The Morgan fingerprint density at radius 1 is 1.27 bits per heavy atom. The van der Waals surface area contributed by atoms with Crippen LogP contribution in [0.3, 0.4) is 0 Å². The van der Waals surface area contributed by atoms with Crippen LogP contribution >= 0.6 is 23.1 Å². The number of hydrogen-bond acceptors (Lipinski definition) is 10. The molecule has 3 aromatic rings. The highest BCUT2D eigenvalue weighted by molar-refractivity contribution is 8.00. The lowest BCUT2D eigenvalue weighted by Gasteiger charge is -2.29. The van der Waals surface area contributed by atoms with Crippen LogP contribution in [-0.4, -0.2) is 54.2 Å². The number of pyridine rings is 1. The van der Waals surface area contributed by atoms with Crippen LogP contribution in [0.1, 0.15) is 36.0 Å². The largest absolute Gasteiger partial charge is 0.445 e. The van der Waals surface area contributed by atoms with E-state index < -0.39 is 6.09 Å². The van der Waals surface area contributed by atoms with Gasteiger partial charge >= 0.3 is 6.09 Å². The molecule has 1 aliphatic rings. The lowest BCUT2D eigenvalue weighted by Crippen LogP contribution is -2.36. The van der Waals surface area contributed by atoms with Crippen molar-refractivity contribution < 1.29 is 14.3 Å². The topological polar surface area (TPSA) is 102 Å². The second-order valence-corrected chi connectivity index (χ2v) is 10.9. The van der Waals surface area contributed by atoms with Crippen molar-refractivity contribution in [2.75, 3.05) is 48.4 Å². The quantitative estimate of drug-likeness (QED) is 0.240. The maximum absolute atomic E-state index is 11.9. The number of rotatable bonds is 11. The van der Waals surface area contributed by atoms with Crippen molar-refractivity contribution in [3.63, 3.8) is 0 Å². The van der Waals surface area contributed by atoms with Crippen molar-refractivity contribution in [1.29, 1.82) is 0 Å². The highest BCUT2D eigenvalue weighted by Crippen LogP contribution is 2.30. The lowest BCUT2D eigenvalue weighted by molar-refractivity contribution is 0.122. The molecule has 196 valence electrons. The minimum absolute atomic E-state index is 0.163. The first-order chi connectivity index (χ1) is 18.0. The van der Waals surface area contributed by atoms with Gasteiger partial charge in [0.1, 0.15) is 17.4 Å². The summed E-state index contributed by atoms with van der Waals surface area (Å²) < 4.78 is 11.5. The molecular weight excluding hydrogens is 508 g/mol. The van der Waals surface area contributed by atoms with Gasteiger partial charge in [-0.25, -0.2) is 9.78 Å². The number of nitrogens with one attached hydrogen (secondary N) is 2. The molecule has 2 aromatic heterocycles. The van der Waals surface area contributed by atoms with Crippen LogP contribution in [-0.2, 0) is 21.8 Å². The van der Waals surface area contributed by atoms with Gasteiger partial charge in [-0.2, -0.15) is 0 Å². The molecule has 0 aliphatic carbocycles. The molecule has 37 heavy (non-hydrogen) atoms. The Bertz CT molecular complexity index is 1200. The maximum Gasteiger partial charge on any atom is 0.411 e. The summed E-state index contributed by atoms with van der Waals surface area (Å²) in [6.07, 6.45) is 1.02. The van der Waals surface area contributed by atoms with Gasteiger partial charge in [0, 0.05) is 48.7 Å². The second-order valence-electron chi connectivity index (χ2n) is 8.72. The van der Waals surface area contributed by atoms with E-state index >= 15 is 0 Å². The molecule has 0 radical (unpaired) electrons. The summed E-state index contributed by atoms with van der Waals surface area (Å²) in [6, 6.07) is 11.9. The van der Waals surface area contributed by atoms with Crippen LogP contribution < -0.4 is 15.5 Å². The molecule has 2 N–H and O–H groups in total. The number of morpholine rings is 1. The van der Waals surface area contributed by atoms with E-state index in [0.29, 0.717) is 37.1 Å². The predicted molar refractivity (Wildman–Crippen MR) is 150 cm³/mol. The molecule has 4 rings (SSSR count). The van der Waals surface area contributed by atoms with E-state index in [1.807, 2.05) is 24.3 Å². The molecule has 9 nitrogen and oxygen atoms in total. The molecule has 3 heterocycles. The van der Waals surface area contributed by atoms with Crippen LogP contribution in [0.4, 0.5) is 22.0 Å². The zero-order valence-corrected chi connectivity index (χ0v) is 22.7. The molecule has 0 atom stereocenters. The third kappa shape index (κ3) is 8.17. The Kier molecular flexibility index (Phi) is 9.75. The standard InChI is InChI=1S/C26H32N6O3S2/c1-4-10-35-25(33)29-20-7-5-6-19(13-20)16-27-23-15-22(32-8-11-34-12-9-32)14-21(28-23)17-36-26-31-30-24(37-26)18(2)3/h4-7,13-15,18H,1,8-12,16-17H2,2-3H3,(H,27,28)(H,29,33). The average Bonchev–Trinajstić information content (AvgIpc) is 3.40. The van der Waals surface area contributed by atoms with Crippen LogP contribution in [0, 0.1) is 0 Å². The smallest absolute Gasteiger partial charge is 0.411 e. The molecule has 0 bridgehead atoms. The summed E-state index contributed by atoms with van der Waals surface area (Å²) in [4.78, 5) is 19.1. The van der Waals surface area contributed by atoms with Gasteiger partial charge in [0.15, 0.2) is 4.34 Å². The zero-order valence-electron chi connectivity index (χ0n) is 21.1. The third-order valence-corrected chi connectivity index (χ3v) is 7.87. The summed E-state index contributed by atoms with van der Waals surface area (Å²) in [5.74, 6) is 1.87. The lowest BCUT2D eigenvalue weighted by atomic mass is 10.2. The average molecular weight is 541 g/mol. The Morgan fingerprint density at radius 3 is 2.86 bits per heavy atom. The maximum atomic E-state index is 11.9. The first kappa shape index (κ1) is 26.9. The minimum atomic E-state index is -0.511. The number of thioether (sulfide) groups is 1. The molecule has 1 fully saturated rings. The normalized spacial score (nSPS) is 13.4. The number of ether oxygens (including phenoxy) is 2. The Balaban J connectivity index is 1.45. The van der Waals surface area contributed by atoms with Crippen LogP contribution in [0.2, 0.25) is 0 Å². The third-order valence-electron chi connectivity index (χ3n) is 5.48. The number of carbonyl (C=O) groups is 1. The Hall–Kier alpha value is -3.15. The molecule has 0 saturated carbocycles. The van der Waals surface area contributed by atoms with E-state index in [-0.39, 0.29) is 6.61 Å². The fourth-order valence-corrected chi connectivity index (χ4v) is 5.39.